The van der Waals surface area contributed by atoms with Crippen molar-refractivity contribution in [2.24, 2.45) is 0 Å². The maximum absolute atomic E-state index is 12.2. The lowest BCUT2D eigenvalue weighted by Gasteiger charge is -2.08. The number of carbonyl (C=O) groups is 1. The molecule has 2 aromatic heterocycles. The largest absolute Gasteiger partial charge is 0.343 e. The van der Waals surface area contributed by atoms with Crippen LogP contribution >= 0.6 is 11.3 Å². The highest BCUT2D eigenvalue weighted by Crippen LogP contribution is 2.21. The summed E-state index contributed by atoms with van der Waals surface area (Å²) in [6.45, 7) is 1.82. The number of nitrogens with one attached hydrogen (secondary N) is 1. The van der Waals surface area contributed by atoms with Crippen LogP contribution in [-0.2, 0) is 9.84 Å². The Labute approximate surface area is 126 Å². The monoisotopic (exact) mass is 323 g/mol. The maximum atomic E-state index is 12.2. The van der Waals surface area contributed by atoms with Crippen LogP contribution in [0.2, 0.25) is 0 Å². The third-order valence-electron chi connectivity index (χ3n) is 3.07. The number of thiazole rings is 1. The average molecular weight is 323 g/mol. The quantitative estimate of drug-likeness (QED) is 0.922. The van der Waals surface area contributed by atoms with Gasteiger partial charge in [-0.15, -0.1) is 11.3 Å². The van der Waals surface area contributed by atoms with Gasteiger partial charge in [0, 0.05) is 22.7 Å². The molecular weight excluding hydrogens is 310 g/mol. The van der Waals surface area contributed by atoms with Crippen molar-refractivity contribution in [1.82, 2.24) is 14.9 Å². The molecule has 1 amide bonds. The standard InChI is InChI=1S/C13H13N3O3S2/c1-9-11(15-13(20-9)16-5-2-3-6-16)12(17)14-10-4-7-21(18,19)8-10/h2-7,10H,8H2,1H3,(H,14,17)/t10-/m0/s1. The SMILES string of the molecule is Cc1sc(-n2cccc2)nc1C(=O)N[C@H]1C=CS(=O)(=O)C1. The van der Waals surface area contributed by atoms with Gasteiger partial charge in [0.25, 0.3) is 5.91 Å². The summed E-state index contributed by atoms with van der Waals surface area (Å²) in [5.41, 5.74) is 0.335. The van der Waals surface area contributed by atoms with E-state index in [0.29, 0.717) is 10.8 Å². The number of nitrogens with zero attached hydrogens (tertiary/aromatic N) is 2. The molecule has 3 heterocycles. The Morgan fingerprint density at radius 2 is 2.14 bits per heavy atom. The molecule has 0 saturated heterocycles. The van der Waals surface area contributed by atoms with Crippen molar-refractivity contribution in [3.63, 3.8) is 0 Å². The van der Waals surface area contributed by atoms with Crippen molar-refractivity contribution in [2.75, 3.05) is 5.75 Å². The molecule has 0 bridgehead atoms. The van der Waals surface area contributed by atoms with E-state index in [1.165, 1.54) is 17.4 Å². The Morgan fingerprint density at radius 3 is 2.76 bits per heavy atom. The summed E-state index contributed by atoms with van der Waals surface area (Å²) < 4.78 is 24.5. The minimum atomic E-state index is -3.18. The highest BCUT2D eigenvalue weighted by Gasteiger charge is 2.25. The van der Waals surface area contributed by atoms with E-state index < -0.39 is 15.9 Å². The van der Waals surface area contributed by atoms with Crippen LogP contribution in [0.4, 0.5) is 0 Å². The normalized spacial score (nSPS) is 19.8. The highest BCUT2D eigenvalue weighted by atomic mass is 32.2. The smallest absolute Gasteiger partial charge is 0.271 e. The van der Waals surface area contributed by atoms with Gasteiger partial charge in [-0.2, -0.15) is 0 Å². The van der Waals surface area contributed by atoms with Gasteiger partial charge >= 0.3 is 0 Å². The van der Waals surface area contributed by atoms with Crippen molar-refractivity contribution in [3.05, 3.63) is 46.6 Å². The second-order valence-corrected chi connectivity index (χ2v) is 7.84. The van der Waals surface area contributed by atoms with E-state index >= 15 is 0 Å². The van der Waals surface area contributed by atoms with Crippen molar-refractivity contribution in [1.29, 1.82) is 0 Å². The van der Waals surface area contributed by atoms with E-state index in [4.69, 9.17) is 0 Å². The van der Waals surface area contributed by atoms with Crippen molar-refractivity contribution >= 4 is 27.1 Å². The van der Waals surface area contributed by atoms with Gasteiger partial charge in [0.2, 0.25) is 0 Å². The summed E-state index contributed by atoms with van der Waals surface area (Å²) in [5.74, 6) is -0.444. The van der Waals surface area contributed by atoms with E-state index in [9.17, 15) is 13.2 Å². The first-order valence-corrected chi connectivity index (χ1v) is 8.80. The van der Waals surface area contributed by atoms with Crippen molar-refractivity contribution < 1.29 is 13.2 Å². The van der Waals surface area contributed by atoms with Crippen LogP contribution in [0.25, 0.3) is 5.13 Å². The molecule has 1 atom stereocenters. The molecule has 6 nitrogen and oxygen atoms in total. The molecule has 0 aliphatic carbocycles. The predicted octanol–water partition coefficient (Wildman–Crippen LogP) is 1.28. The molecule has 3 rings (SSSR count). The molecule has 110 valence electrons. The van der Waals surface area contributed by atoms with Crippen LogP contribution in [0.15, 0.2) is 36.0 Å². The first-order chi connectivity index (χ1) is 9.94. The molecule has 0 spiro atoms. The molecular formula is C13H13N3O3S2. The van der Waals surface area contributed by atoms with Gasteiger partial charge in [-0.05, 0) is 25.1 Å². The summed E-state index contributed by atoms with van der Waals surface area (Å²) in [4.78, 5) is 17.3. The van der Waals surface area contributed by atoms with Gasteiger partial charge in [-0.3, -0.25) is 4.79 Å². The van der Waals surface area contributed by atoms with Crippen LogP contribution < -0.4 is 5.32 Å². The molecule has 0 unspecified atom stereocenters. The van der Waals surface area contributed by atoms with Crippen LogP contribution in [0, 0.1) is 6.92 Å². The number of amides is 1. The van der Waals surface area contributed by atoms with Crippen LogP contribution in [0.1, 0.15) is 15.4 Å². The molecule has 1 aliphatic heterocycles. The van der Waals surface area contributed by atoms with Gasteiger partial charge in [-0.1, -0.05) is 0 Å². The molecule has 0 saturated carbocycles. The Kier molecular flexibility index (Phi) is 3.42. The zero-order valence-corrected chi connectivity index (χ0v) is 12.8. The third-order valence-corrected chi connectivity index (χ3v) is 5.45. The van der Waals surface area contributed by atoms with Gasteiger partial charge in [0.1, 0.15) is 5.69 Å². The van der Waals surface area contributed by atoms with Crippen LogP contribution in [0.3, 0.4) is 0 Å². The highest BCUT2D eigenvalue weighted by molar-refractivity contribution is 7.94. The number of aromatic nitrogens is 2. The molecule has 1 N–H and O–H groups in total. The fourth-order valence-corrected chi connectivity index (χ4v) is 4.18. The molecule has 0 fully saturated rings. The fourth-order valence-electron chi connectivity index (χ4n) is 2.07. The molecule has 2 aromatic rings. The topological polar surface area (TPSA) is 81.1 Å². The van der Waals surface area contributed by atoms with E-state index in [-0.39, 0.29) is 11.7 Å². The molecule has 0 radical (unpaired) electrons. The Morgan fingerprint density at radius 1 is 1.43 bits per heavy atom. The maximum Gasteiger partial charge on any atom is 0.271 e. The van der Waals surface area contributed by atoms with E-state index in [1.54, 1.807) is 0 Å². The lowest BCUT2D eigenvalue weighted by atomic mass is 10.3. The molecule has 21 heavy (non-hydrogen) atoms. The second kappa shape index (κ2) is 5.12. The summed E-state index contributed by atoms with van der Waals surface area (Å²) >= 11 is 1.41. The second-order valence-electron chi connectivity index (χ2n) is 4.73. The number of rotatable bonds is 3. The Hall–Kier alpha value is -1.93. The summed E-state index contributed by atoms with van der Waals surface area (Å²) in [5, 5.41) is 4.52. The Bertz CT molecular complexity index is 804. The van der Waals surface area contributed by atoms with Crippen molar-refractivity contribution in [3.8, 4) is 5.13 Å². The number of sulfone groups is 1. The van der Waals surface area contributed by atoms with Crippen molar-refractivity contribution in [2.45, 2.75) is 13.0 Å². The van der Waals surface area contributed by atoms with Gasteiger partial charge in [0.15, 0.2) is 15.0 Å². The minimum Gasteiger partial charge on any atom is -0.343 e. The van der Waals surface area contributed by atoms with E-state index in [0.717, 1.165) is 10.3 Å². The fraction of sp³-hybridized carbons (Fsp3) is 0.231. The first-order valence-electron chi connectivity index (χ1n) is 6.27. The minimum absolute atomic E-state index is 0.0909. The lowest BCUT2D eigenvalue weighted by Crippen LogP contribution is -2.36. The number of hydrogen-bond acceptors (Lipinski definition) is 5. The zero-order chi connectivity index (χ0) is 15.0. The average Bonchev–Trinajstić information content (AvgIpc) is 3.09. The van der Waals surface area contributed by atoms with Gasteiger partial charge in [-0.25, -0.2) is 13.4 Å². The zero-order valence-electron chi connectivity index (χ0n) is 11.2. The predicted molar refractivity (Wildman–Crippen MR) is 80.4 cm³/mol. The number of aryl methyl sites for hydroxylation is 1. The van der Waals surface area contributed by atoms with E-state index in [1.807, 2.05) is 36.0 Å². The van der Waals surface area contributed by atoms with Gasteiger partial charge < -0.3 is 9.88 Å². The summed E-state index contributed by atoms with van der Waals surface area (Å²) in [7, 11) is -3.18. The lowest BCUT2D eigenvalue weighted by molar-refractivity contribution is 0.0943. The number of hydrogen-bond donors (Lipinski definition) is 1. The summed E-state index contributed by atoms with van der Waals surface area (Å²) in [6, 6.07) is 3.27. The molecule has 8 heteroatoms. The summed E-state index contributed by atoms with van der Waals surface area (Å²) in [6.07, 6.45) is 5.19. The van der Waals surface area contributed by atoms with Gasteiger partial charge in [0.05, 0.1) is 11.8 Å². The molecule has 0 aromatic carbocycles. The third kappa shape index (κ3) is 2.91. The number of carbonyl (C=O) groups excluding carboxylic acids is 1. The molecule has 1 aliphatic rings. The van der Waals surface area contributed by atoms with Crippen LogP contribution in [0.5, 0.6) is 0 Å². The van der Waals surface area contributed by atoms with E-state index in [2.05, 4.69) is 10.3 Å². The Balaban J connectivity index is 1.78. The first kappa shape index (κ1) is 14.0. The van der Waals surface area contributed by atoms with Crippen LogP contribution in [-0.4, -0.2) is 35.7 Å².